The molecule has 0 radical (unpaired) electrons. The molecule has 2 aromatic rings. The third-order valence-electron chi connectivity index (χ3n) is 5.47. The molecule has 2 aliphatic rings. The number of rotatable bonds is 4. The van der Waals surface area contributed by atoms with Crippen molar-refractivity contribution in [3.05, 3.63) is 53.2 Å². The van der Waals surface area contributed by atoms with Crippen LogP contribution >= 0.6 is 11.6 Å². The molecule has 4 rings (SSSR count). The van der Waals surface area contributed by atoms with E-state index in [1.807, 2.05) is 6.07 Å². The molecule has 1 aromatic carbocycles. The van der Waals surface area contributed by atoms with Gasteiger partial charge in [0, 0.05) is 12.1 Å². The summed E-state index contributed by atoms with van der Waals surface area (Å²) in [5.41, 5.74) is 0.951. The highest BCUT2D eigenvalue weighted by molar-refractivity contribution is 6.30. The minimum absolute atomic E-state index is 0.0297. The number of fused-ring (bicyclic) bond motifs is 2. The van der Waals surface area contributed by atoms with Crippen LogP contribution in [0.4, 0.5) is 11.5 Å². The van der Waals surface area contributed by atoms with Crippen molar-refractivity contribution in [3.8, 4) is 0 Å². The number of carbonyl (C=O) groups is 2. The molecule has 2 fully saturated rings. The lowest BCUT2D eigenvalue weighted by Gasteiger charge is -2.21. The first-order valence-corrected chi connectivity index (χ1v) is 9.31. The molecule has 0 spiro atoms. The normalized spacial score (nSPS) is 23.7. The van der Waals surface area contributed by atoms with Gasteiger partial charge in [0.1, 0.15) is 5.82 Å². The Kier molecular flexibility index (Phi) is 4.64. The Morgan fingerprint density at radius 2 is 1.88 bits per heavy atom. The summed E-state index contributed by atoms with van der Waals surface area (Å²) in [4.78, 5) is 29.4. The van der Waals surface area contributed by atoms with Crippen molar-refractivity contribution < 1.29 is 9.59 Å². The number of carbonyl (C=O) groups excluding carboxylic acids is 2. The zero-order chi connectivity index (χ0) is 18.1. The van der Waals surface area contributed by atoms with Crippen LogP contribution in [0.5, 0.6) is 0 Å². The Morgan fingerprint density at radius 1 is 1.04 bits per heavy atom. The molecule has 2 N–H and O–H groups in total. The standard InChI is InChI=1S/C20H20ClN3O2/c21-14-7-8-18(22-11-14)24-19(25)15-3-1-2-4-17(15)23-20(26)16-10-12-5-6-13(16)9-12/h1-4,7-8,11-13,16H,5-6,9-10H2,(H,23,26)(H,22,24,25). The van der Waals surface area contributed by atoms with Gasteiger partial charge in [-0.15, -0.1) is 0 Å². The van der Waals surface area contributed by atoms with Gasteiger partial charge in [-0.2, -0.15) is 0 Å². The van der Waals surface area contributed by atoms with E-state index in [1.54, 1.807) is 30.3 Å². The van der Waals surface area contributed by atoms with Gasteiger partial charge in [0.2, 0.25) is 5.91 Å². The first-order chi connectivity index (χ1) is 12.6. The largest absolute Gasteiger partial charge is 0.325 e. The Morgan fingerprint density at radius 3 is 2.58 bits per heavy atom. The molecular weight excluding hydrogens is 350 g/mol. The lowest BCUT2D eigenvalue weighted by Crippen LogP contribution is -2.28. The summed E-state index contributed by atoms with van der Waals surface area (Å²) in [6.07, 6.45) is 6.01. The summed E-state index contributed by atoms with van der Waals surface area (Å²) in [5.74, 6) is 1.40. The van der Waals surface area contributed by atoms with Crippen LogP contribution in [0, 0.1) is 17.8 Å². The van der Waals surface area contributed by atoms with E-state index in [-0.39, 0.29) is 17.7 Å². The first-order valence-electron chi connectivity index (χ1n) is 8.93. The van der Waals surface area contributed by atoms with Crippen LogP contribution in [-0.4, -0.2) is 16.8 Å². The van der Waals surface area contributed by atoms with E-state index in [4.69, 9.17) is 11.6 Å². The predicted octanol–water partition coefficient (Wildman–Crippen LogP) is 4.36. The van der Waals surface area contributed by atoms with Crippen LogP contribution in [0.15, 0.2) is 42.6 Å². The molecular formula is C20H20ClN3O2. The lowest BCUT2D eigenvalue weighted by atomic mass is 9.88. The van der Waals surface area contributed by atoms with Crippen LogP contribution in [-0.2, 0) is 4.79 Å². The van der Waals surface area contributed by atoms with Gasteiger partial charge in [-0.1, -0.05) is 30.2 Å². The third-order valence-corrected chi connectivity index (χ3v) is 5.70. The fourth-order valence-corrected chi connectivity index (χ4v) is 4.33. The number of para-hydroxylation sites is 1. The second-order valence-corrected chi connectivity index (χ2v) is 7.57. The molecule has 5 nitrogen and oxygen atoms in total. The average molecular weight is 370 g/mol. The predicted molar refractivity (Wildman–Crippen MR) is 101 cm³/mol. The van der Waals surface area contributed by atoms with Crippen LogP contribution in [0.25, 0.3) is 0 Å². The molecule has 2 saturated carbocycles. The van der Waals surface area contributed by atoms with E-state index < -0.39 is 0 Å². The molecule has 26 heavy (non-hydrogen) atoms. The van der Waals surface area contributed by atoms with E-state index in [9.17, 15) is 9.59 Å². The van der Waals surface area contributed by atoms with Crippen molar-refractivity contribution in [3.63, 3.8) is 0 Å². The van der Waals surface area contributed by atoms with E-state index >= 15 is 0 Å². The van der Waals surface area contributed by atoms with Gasteiger partial charge in [0.05, 0.1) is 16.3 Å². The van der Waals surface area contributed by atoms with Crippen molar-refractivity contribution in [2.45, 2.75) is 25.7 Å². The van der Waals surface area contributed by atoms with Crippen LogP contribution in [0.1, 0.15) is 36.0 Å². The highest BCUT2D eigenvalue weighted by Crippen LogP contribution is 2.48. The number of halogens is 1. The number of nitrogens with one attached hydrogen (secondary N) is 2. The monoisotopic (exact) mass is 369 g/mol. The Bertz CT molecular complexity index is 837. The van der Waals surface area contributed by atoms with Crippen molar-refractivity contribution in [1.82, 2.24) is 4.98 Å². The van der Waals surface area contributed by atoms with Crippen molar-refractivity contribution in [1.29, 1.82) is 0 Å². The van der Waals surface area contributed by atoms with Crippen LogP contribution < -0.4 is 10.6 Å². The topological polar surface area (TPSA) is 71.1 Å². The second kappa shape index (κ2) is 7.08. The lowest BCUT2D eigenvalue weighted by molar-refractivity contribution is -0.121. The Hall–Kier alpha value is -2.40. The van der Waals surface area contributed by atoms with Gasteiger partial charge in [0.15, 0.2) is 0 Å². The van der Waals surface area contributed by atoms with Crippen LogP contribution in [0.3, 0.4) is 0 Å². The first kappa shape index (κ1) is 17.0. The molecule has 2 amide bonds. The maximum Gasteiger partial charge on any atom is 0.258 e. The van der Waals surface area contributed by atoms with E-state index in [2.05, 4.69) is 15.6 Å². The summed E-state index contributed by atoms with van der Waals surface area (Å²) < 4.78 is 0. The number of hydrogen-bond donors (Lipinski definition) is 2. The fraction of sp³-hybridized carbons (Fsp3) is 0.350. The van der Waals surface area contributed by atoms with Gasteiger partial charge >= 0.3 is 0 Å². The third kappa shape index (κ3) is 3.44. The van der Waals surface area contributed by atoms with Gasteiger partial charge in [-0.3, -0.25) is 9.59 Å². The number of hydrogen-bond acceptors (Lipinski definition) is 3. The van der Waals surface area contributed by atoms with E-state index in [0.29, 0.717) is 33.9 Å². The van der Waals surface area contributed by atoms with Crippen LogP contribution in [0.2, 0.25) is 5.02 Å². The number of anilines is 2. The minimum Gasteiger partial charge on any atom is -0.325 e. The van der Waals surface area contributed by atoms with Gasteiger partial charge in [0.25, 0.3) is 5.91 Å². The molecule has 2 bridgehead atoms. The SMILES string of the molecule is O=C(Nc1ccc(Cl)cn1)c1ccccc1NC(=O)C1CC2CCC1C2. The molecule has 0 saturated heterocycles. The Balaban J connectivity index is 1.48. The average Bonchev–Trinajstić information content (AvgIpc) is 3.27. The molecule has 3 atom stereocenters. The second-order valence-electron chi connectivity index (χ2n) is 7.13. The number of aromatic nitrogens is 1. The number of benzene rings is 1. The molecule has 2 aliphatic carbocycles. The van der Waals surface area contributed by atoms with Gasteiger partial charge in [-0.05, 0) is 55.4 Å². The van der Waals surface area contributed by atoms with E-state index in [0.717, 1.165) is 12.8 Å². The number of pyridine rings is 1. The highest BCUT2D eigenvalue weighted by Gasteiger charge is 2.43. The summed E-state index contributed by atoms with van der Waals surface area (Å²) >= 11 is 5.81. The summed E-state index contributed by atoms with van der Waals surface area (Å²) in [6, 6.07) is 10.3. The summed E-state index contributed by atoms with van der Waals surface area (Å²) in [7, 11) is 0. The quantitative estimate of drug-likeness (QED) is 0.841. The Labute approximate surface area is 157 Å². The molecule has 134 valence electrons. The van der Waals surface area contributed by atoms with Gasteiger partial charge < -0.3 is 10.6 Å². The van der Waals surface area contributed by atoms with Crippen molar-refractivity contribution in [2.24, 2.45) is 17.8 Å². The van der Waals surface area contributed by atoms with E-state index in [1.165, 1.54) is 19.0 Å². The zero-order valence-corrected chi connectivity index (χ0v) is 15.0. The van der Waals surface area contributed by atoms with Gasteiger partial charge in [-0.25, -0.2) is 4.98 Å². The smallest absolute Gasteiger partial charge is 0.258 e. The molecule has 1 heterocycles. The molecule has 0 aliphatic heterocycles. The number of nitrogens with zero attached hydrogens (tertiary/aromatic N) is 1. The summed E-state index contributed by atoms with van der Waals surface area (Å²) in [5, 5.41) is 6.21. The molecule has 6 heteroatoms. The number of amides is 2. The zero-order valence-electron chi connectivity index (χ0n) is 14.2. The summed E-state index contributed by atoms with van der Waals surface area (Å²) in [6.45, 7) is 0. The maximum absolute atomic E-state index is 12.7. The molecule has 1 aromatic heterocycles. The highest BCUT2D eigenvalue weighted by atomic mass is 35.5. The van der Waals surface area contributed by atoms with Crippen molar-refractivity contribution in [2.75, 3.05) is 10.6 Å². The minimum atomic E-state index is -0.316. The maximum atomic E-state index is 12.7. The fourth-order valence-electron chi connectivity index (χ4n) is 4.21. The molecule has 3 unspecified atom stereocenters. The van der Waals surface area contributed by atoms with Crippen molar-refractivity contribution >= 4 is 34.9 Å².